The largest absolute Gasteiger partial charge is 0.453 e. The SMILES string of the molecule is O=C(CC1(O)C(=O)Nc2ccccc21)c1cc2cc(Br)ccc2o1. The first-order valence-corrected chi connectivity index (χ1v) is 8.12. The summed E-state index contributed by atoms with van der Waals surface area (Å²) in [6.07, 6.45) is -0.378. The van der Waals surface area contributed by atoms with E-state index >= 15 is 0 Å². The summed E-state index contributed by atoms with van der Waals surface area (Å²) in [4.78, 5) is 24.8. The van der Waals surface area contributed by atoms with Crippen LogP contribution in [0.15, 0.2) is 57.4 Å². The molecule has 0 bridgehead atoms. The van der Waals surface area contributed by atoms with Crippen molar-refractivity contribution in [3.8, 4) is 0 Å². The predicted molar refractivity (Wildman–Crippen MR) is 91.8 cm³/mol. The highest BCUT2D eigenvalue weighted by molar-refractivity contribution is 9.10. The number of anilines is 1. The second-order valence-electron chi connectivity index (χ2n) is 5.75. The minimum absolute atomic E-state index is 0.119. The van der Waals surface area contributed by atoms with Crippen LogP contribution in [0.25, 0.3) is 11.0 Å². The second-order valence-corrected chi connectivity index (χ2v) is 6.67. The lowest BCUT2D eigenvalue weighted by Crippen LogP contribution is -2.36. The van der Waals surface area contributed by atoms with Crippen molar-refractivity contribution >= 4 is 44.3 Å². The molecular weight excluding hydrogens is 374 g/mol. The van der Waals surface area contributed by atoms with Gasteiger partial charge in [0.15, 0.2) is 11.4 Å². The third-order valence-corrected chi connectivity index (χ3v) is 4.66. The molecule has 120 valence electrons. The van der Waals surface area contributed by atoms with Crippen molar-refractivity contribution in [1.29, 1.82) is 0 Å². The number of furan rings is 1. The molecule has 3 aromatic rings. The van der Waals surface area contributed by atoms with Crippen LogP contribution in [0, 0.1) is 0 Å². The van der Waals surface area contributed by atoms with Crippen molar-refractivity contribution in [1.82, 2.24) is 0 Å². The molecule has 1 aliphatic rings. The summed E-state index contributed by atoms with van der Waals surface area (Å²) >= 11 is 3.36. The number of benzene rings is 2. The van der Waals surface area contributed by atoms with E-state index in [-0.39, 0.29) is 12.2 Å². The molecule has 4 rings (SSSR count). The second kappa shape index (κ2) is 5.29. The number of rotatable bonds is 3. The van der Waals surface area contributed by atoms with Crippen LogP contribution in [-0.2, 0) is 10.4 Å². The third-order valence-electron chi connectivity index (χ3n) is 4.17. The number of carbonyl (C=O) groups is 2. The quantitative estimate of drug-likeness (QED) is 0.674. The Morgan fingerprint density at radius 3 is 2.83 bits per heavy atom. The number of amides is 1. The zero-order valence-corrected chi connectivity index (χ0v) is 14.0. The number of carbonyl (C=O) groups excluding carboxylic acids is 2. The minimum Gasteiger partial charge on any atom is -0.453 e. The Kier molecular flexibility index (Phi) is 3.33. The first-order chi connectivity index (χ1) is 11.5. The van der Waals surface area contributed by atoms with Gasteiger partial charge in [0.1, 0.15) is 5.58 Å². The molecule has 0 saturated carbocycles. The Morgan fingerprint density at radius 2 is 2.00 bits per heavy atom. The van der Waals surface area contributed by atoms with Crippen molar-refractivity contribution in [2.24, 2.45) is 0 Å². The number of Topliss-reactive ketones (excluding diaryl/α,β-unsaturated/α-hetero) is 1. The third kappa shape index (κ3) is 2.26. The number of nitrogens with one attached hydrogen (secondary N) is 1. The standard InChI is InChI=1S/C18H12BrNO4/c19-11-5-6-15-10(7-11)8-16(24-15)14(21)9-18(23)12-3-1-2-4-13(12)20-17(18)22/h1-8,23H,9H2,(H,20,22). The zero-order chi connectivity index (χ0) is 16.9. The van der Waals surface area contributed by atoms with Crippen LogP contribution in [0.5, 0.6) is 0 Å². The van der Waals surface area contributed by atoms with Crippen LogP contribution in [-0.4, -0.2) is 16.8 Å². The van der Waals surface area contributed by atoms with Gasteiger partial charge in [0, 0.05) is 21.1 Å². The van der Waals surface area contributed by atoms with Gasteiger partial charge in [0.25, 0.3) is 5.91 Å². The molecule has 0 saturated heterocycles. The maximum Gasteiger partial charge on any atom is 0.261 e. The van der Waals surface area contributed by atoms with E-state index in [1.54, 1.807) is 36.4 Å². The van der Waals surface area contributed by atoms with Gasteiger partial charge in [-0.3, -0.25) is 9.59 Å². The van der Waals surface area contributed by atoms with Crippen molar-refractivity contribution in [2.75, 3.05) is 5.32 Å². The molecule has 0 fully saturated rings. The number of aliphatic hydroxyl groups is 1. The first-order valence-electron chi connectivity index (χ1n) is 7.33. The first kappa shape index (κ1) is 15.1. The Bertz CT molecular complexity index is 994. The maximum absolute atomic E-state index is 12.6. The Morgan fingerprint density at radius 1 is 1.21 bits per heavy atom. The van der Waals surface area contributed by atoms with Gasteiger partial charge in [0.05, 0.1) is 6.42 Å². The van der Waals surface area contributed by atoms with E-state index in [4.69, 9.17) is 4.42 Å². The molecule has 2 heterocycles. The summed E-state index contributed by atoms with van der Waals surface area (Å²) in [6.45, 7) is 0. The van der Waals surface area contributed by atoms with Gasteiger partial charge < -0.3 is 14.8 Å². The summed E-state index contributed by atoms with van der Waals surface area (Å²) in [5, 5.41) is 14.2. The normalized spacial score (nSPS) is 19.3. The number of halogens is 1. The lowest BCUT2D eigenvalue weighted by atomic mass is 9.89. The summed E-state index contributed by atoms with van der Waals surface area (Å²) in [6, 6.07) is 13.8. The molecule has 1 atom stereocenters. The summed E-state index contributed by atoms with van der Waals surface area (Å²) in [7, 11) is 0. The van der Waals surface area contributed by atoms with Gasteiger partial charge in [-0.2, -0.15) is 0 Å². The predicted octanol–water partition coefficient (Wildman–Crippen LogP) is 3.61. The molecule has 6 heteroatoms. The minimum atomic E-state index is -1.88. The van der Waals surface area contributed by atoms with Gasteiger partial charge in [-0.05, 0) is 30.3 Å². The van der Waals surface area contributed by atoms with Gasteiger partial charge in [-0.25, -0.2) is 0 Å². The monoisotopic (exact) mass is 385 g/mol. The number of para-hydroxylation sites is 1. The molecule has 5 nitrogen and oxygen atoms in total. The number of ketones is 1. The molecule has 1 aliphatic heterocycles. The van der Waals surface area contributed by atoms with E-state index < -0.39 is 17.3 Å². The van der Waals surface area contributed by atoms with Gasteiger partial charge in [0.2, 0.25) is 5.78 Å². The van der Waals surface area contributed by atoms with E-state index in [1.807, 2.05) is 12.1 Å². The zero-order valence-electron chi connectivity index (χ0n) is 12.4. The van der Waals surface area contributed by atoms with Crippen molar-refractivity contribution in [3.05, 3.63) is 64.3 Å². The molecule has 0 radical (unpaired) electrons. The fraction of sp³-hybridized carbons (Fsp3) is 0.111. The number of fused-ring (bicyclic) bond motifs is 2. The van der Waals surface area contributed by atoms with Crippen LogP contribution < -0.4 is 5.32 Å². The lowest BCUT2D eigenvalue weighted by Gasteiger charge is -2.19. The van der Waals surface area contributed by atoms with E-state index in [0.717, 1.165) is 9.86 Å². The Balaban J connectivity index is 1.69. The van der Waals surface area contributed by atoms with Crippen LogP contribution in [0.2, 0.25) is 0 Å². The van der Waals surface area contributed by atoms with E-state index in [2.05, 4.69) is 21.2 Å². The summed E-state index contributed by atoms with van der Waals surface area (Å²) in [5.74, 6) is -0.915. The van der Waals surface area contributed by atoms with Crippen LogP contribution in [0.4, 0.5) is 5.69 Å². The smallest absolute Gasteiger partial charge is 0.261 e. The molecule has 2 aromatic carbocycles. The van der Waals surface area contributed by atoms with Gasteiger partial charge >= 0.3 is 0 Å². The van der Waals surface area contributed by atoms with E-state index in [0.29, 0.717) is 16.8 Å². The van der Waals surface area contributed by atoms with Crippen LogP contribution in [0.3, 0.4) is 0 Å². The Labute approximate surface area is 145 Å². The summed E-state index contributed by atoms with van der Waals surface area (Å²) < 4.78 is 6.42. The Hall–Kier alpha value is -2.44. The molecule has 0 aliphatic carbocycles. The molecular formula is C18H12BrNO4. The molecule has 1 unspecified atom stereocenters. The maximum atomic E-state index is 12.6. The average Bonchev–Trinajstić information content (AvgIpc) is 3.07. The van der Waals surface area contributed by atoms with Crippen LogP contribution >= 0.6 is 15.9 Å². The highest BCUT2D eigenvalue weighted by atomic mass is 79.9. The number of hydrogen-bond acceptors (Lipinski definition) is 4. The fourth-order valence-corrected chi connectivity index (χ4v) is 3.33. The molecule has 24 heavy (non-hydrogen) atoms. The van der Waals surface area contributed by atoms with Crippen molar-refractivity contribution in [3.63, 3.8) is 0 Å². The number of hydrogen-bond donors (Lipinski definition) is 2. The molecule has 1 aromatic heterocycles. The average molecular weight is 386 g/mol. The highest BCUT2D eigenvalue weighted by Gasteiger charge is 2.47. The topological polar surface area (TPSA) is 79.5 Å². The van der Waals surface area contributed by atoms with Gasteiger partial charge in [-0.15, -0.1) is 0 Å². The van der Waals surface area contributed by atoms with Gasteiger partial charge in [-0.1, -0.05) is 34.1 Å². The highest BCUT2D eigenvalue weighted by Crippen LogP contribution is 2.39. The van der Waals surface area contributed by atoms with E-state index in [1.165, 1.54) is 0 Å². The molecule has 0 spiro atoms. The fourth-order valence-electron chi connectivity index (χ4n) is 2.95. The van der Waals surface area contributed by atoms with E-state index in [9.17, 15) is 14.7 Å². The summed E-state index contributed by atoms with van der Waals surface area (Å²) in [5.41, 5.74) is -0.383. The van der Waals surface area contributed by atoms with Crippen molar-refractivity contribution in [2.45, 2.75) is 12.0 Å². The van der Waals surface area contributed by atoms with Crippen LogP contribution in [0.1, 0.15) is 22.5 Å². The lowest BCUT2D eigenvalue weighted by molar-refractivity contribution is -0.133. The molecule has 2 N–H and O–H groups in total. The van der Waals surface area contributed by atoms with Crippen molar-refractivity contribution < 1.29 is 19.1 Å². The molecule has 1 amide bonds.